The van der Waals surface area contributed by atoms with E-state index in [1.54, 1.807) is 0 Å². The molecule has 0 fully saturated rings. The molecule has 1 atom stereocenters. The summed E-state index contributed by atoms with van der Waals surface area (Å²) < 4.78 is 108. The van der Waals surface area contributed by atoms with Gasteiger partial charge in [0.15, 0.2) is 21.5 Å². The highest BCUT2D eigenvalue weighted by atomic mass is 32.2. The largest absolute Gasteiger partial charge is 0.433 e. The van der Waals surface area contributed by atoms with Crippen molar-refractivity contribution in [2.24, 2.45) is 5.73 Å². The molecule has 0 aliphatic heterocycles. The van der Waals surface area contributed by atoms with Crippen molar-refractivity contribution in [1.82, 2.24) is 9.97 Å². The van der Waals surface area contributed by atoms with Gasteiger partial charge in [0.1, 0.15) is 22.5 Å². The topological polar surface area (TPSA) is 103 Å². The molecule has 2 heterocycles. The van der Waals surface area contributed by atoms with E-state index in [1.165, 1.54) is 6.92 Å². The van der Waals surface area contributed by atoms with E-state index in [-0.39, 0.29) is 16.8 Å². The van der Waals surface area contributed by atoms with Crippen molar-refractivity contribution in [2.45, 2.75) is 23.2 Å². The van der Waals surface area contributed by atoms with Gasteiger partial charge in [-0.15, -0.1) is 0 Å². The van der Waals surface area contributed by atoms with E-state index in [4.69, 9.17) is 5.73 Å². The summed E-state index contributed by atoms with van der Waals surface area (Å²) >= 11 is 0. The second-order valence-corrected chi connectivity index (χ2v) is 8.88. The average molecular weight is 489 g/mol. The van der Waals surface area contributed by atoms with Crippen LogP contribution in [0.4, 0.5) is 26.3 Å². The van der Waals surface area contributed by atoms with Gasteiger partial charge in [-0.05, 0) is 48.4 Å². The van der Waals surface area contributed by atoms with Gasteiger partial charge < -0.3 is 5.73 Å². The Morgan fingerprint density at radius 2 is 1.64 bits per heavy atom. The van der Waals surface area contributed by atoms with Gasteiger partial charge in [0.25, 0.3) is 5.91 Å². The molecule has 2 aromatic heterocycles. The lowest BCUT2D eigenvalue weighted by Crippen LogP contribution is -2.21. The molecule has 1 aromatic carbocycles. The maximum atomic E-state index is 14.7. The summed E-state index contributed by atoms with van der Waals surface area (Å²) in [5, 5.41) is -2.28. The summed E-state index contributed by atoms with van der Waals surface area (Å²) in [6.45, 7) is 1.28. The van der Waals surface area contributed by atoms with Gasteiger partial charge in [-0.1, -0.05) is 0 Å². The number of rotatable bonds is 5. The molecule has 0 spiro atoms. The molecule has 1 unspecified atom stereocenters. The van der Waals surface area contributed by atoms with Gasteiger partial charge in [-0.25, -0.2) is 21.6 Å². The minimum atomic E-state index is -4.92. The number of aromatic nitrogens is 2. The van der Waals surface area contributed by atoms with Crippen molar-refractivity contribution < 1.29 is 39.6 Å². The van der Waals surface area contributed by atoms with Crippen LogP contribution in [-0.2, 0) is 16.0 Å². The first-order valence-electron chi connectivity index (χ1n) is 8.92. The lowest BCUT2D eigenvalue weighted by molar-refractivity contribution is -0.141. The highest BCUT2D eigenvalue weighted by Gasteiger charge is 2.39. The minimum absolute atomic E-state index is 0.00435. The van der Waals surface area contributed by atoms with E-state index >= 15 is 0 Å². The molecule has 2 N–H and O–H groups in total. The number of amides is 1. The molecular weight excluding hydrogens is 476 g/mol. The molecule has 0 bridgehead atoms. The van der Waals surface area contributed by atoms with Crippen LogP contribution in [0.15, 0.2) is 47.6 Å². The molecule has 0 aliphatic rings. The Morgan fingerprint density at radius 3 is 2.15 bits per heavy atom. The number of aryl methyl sites for hydroxylation is 1. The van der Waals surface area contributed by atoms with Crippen LogP contribution in [-0.4, -0.2) is 24.3 Å². The normalized spacial score (nSPS) is 13.1. The van der Waals surface area contributed by atoms with E-state index in [9.17, 15) is 39.6 Å². The summed E-state index contributed by atoms with van der Waals surface area (Å²) in [5.41, 5.74) is 1.86. The number of alkyl halides is 3. The molecule has 3 aromatic rings. The number of carbonyl (C=O) groups excluding carboxylic acids is 1. The number of pyridine rings is 2. The molecule has 0 saturated heterocycles. The van der Waals surface area contributed by atoms with Gasteiger partial charge in [-0.3, -0.25) is 14.8 Å². The summed E-state index contributed by atoms with van der Waals surface area (Å²) in [7, 11) is -4.92. The molecule has 6 nitrogen and oxygen atoms in total. The van der Waals surface area contributed by atoms with Gasteiger partial charge in [-0.2, -0.15) is 13.2 Å². The van der Waals surface area contributed by atoms with Crippen molar-refractivity contribution >= 4 is 15.7 Å². The number of nitrogens with two attached hydrogens (primary N) is 1. The Hall–Kier alpha value is -3.48. The third-order valence-electron chi connectivity index (χ3n) is 4.69. The average Bonchev–Trinajstić information content (AvgIpc) is 2.73. The van der Waals surface area contributed by atoms with Crippen LogP contribution in [0, 0.1) is 24.4 Å². The zero-order chi connectivity index (χ0) is 24.7. The Bertz CT molecular complexity index is 1340. The maximum absolute atomic E-state index is 14.7. The highest BCUT2D eigenvalue weighted by molar-refractivity contribution is 7.91. The number of nitrogens with zero attached hydrogens (tertiary/aromatic N) is 2. The Morgan fingerprint density at radius 1 is 1.00 bits per heavy atom. The molecule has 0 aliphatic carbocycles. The Kier molecular flexibility index (Phi) is 6.20. The van der Waals surface area contributed by atoms with E-state index < -0.39 is 60.8 Å². The minimum Gasteiger partial charge on any atom is -0.364 e. The smallest absolute Gasteiger partial charge is 0.364 e. The molecule has 33 heavy (non-hydrogen) atoms. The van der Waals surface area contributed by atoms with Crippen molar-refractivity contribution in [1.29, 1.82) is 0 Å². The monoisotopic (exact) mass is 489 g/mol. The molecular formula is C20H13F6N3O3S. The molecule has 174 valence electrons. The molecule has 1 amide bonds. The lowest BCUT2D eigenvalue weighted by atomic mass is 10.00. The van der Waals surface area contributed by atoms with E-state index in [1.807, 2.05) is 0 Å². The summed E-state index contributed by atoms with van der Waals surface area (Å²) in [4.78, 5) is 17.3. The van der Waals surface area contributed by atoms with Gasteiger partial charge in [0, 0.05) is 18.0 Å². The van der Waals surface area contributed by atoms with Crippen molar-refractivity contribution in [3.8, 4) is 0 Å². The first-order valence-corrected chi connectivity index (χ1v) is 10.5. The number of hydrogen-bond donors (Lipinski definition) is 1. The van der Waals surface area contributed by atoms with E-state index in [2.05, 4.69) is 9.97 Å². The Balaban J connectivity index is 2.31. The predicted octanol–water partition coefficient (Wildman–Crippen LogP) is 3.88. The second kappa shape index (κ2) is 8.46. The van der Waals surface area contributed by atoms with Crippen LogP contribution >= 0.6 is 0 Å². The van der Waals surface area contributed by atoms with E-state index in [0.29, 0.717) is 30.5 Å². The fraction of sp³-hybridized carbons (Fsp3) is 0.150. The molecule has 0 radical (unpaired) electrons. The number of primary amides is 1. The van der Waals surface area contributed by atoms with Crippen LogP contribution in [0.2, 0.25) is 0 Å². The molecule has 0 saturated carbocycles. The lowest BCUT2D eigenvalue weighted by Gasteiger charge is -2.22. The van der Waals surface area contributed by atoms with Gasteiger partial charge >= 0.3 is 6.18 Å². The molecule has 3 rings (SSSR count). The van der Waals surface area contributed by atoms with Crippen LogP contribution in [0.5, 0.6) is 0 Å². The number of benzene rings is 1. The van der Waals surface area contributed by atoms with Crippen LogP contribution in [0.25, 0.3) is 0 Å². The third kappa shape index (κ3) is 4.53. The van der Waals surface area contributed by atoms with Crippen molar-refractivity contribution in [2.75, 3.05) is 0 Å². The predicted molar refractivity (Wildman–Crippen MR) is 102 cm³/mol. The number of sulfone groups is 1. The zero-order valence-corrected chi connectivity index (χ0v) is 17.3. The maximum Gasteiger partial charge on any atom is 0.433 e. The SMILES string of the molecule is Cc1cc(C(N)=O)ncc1C(c1c(F)ccc(F)c1F)S(=O)(=O)c1ccc(C(F)(F)F)nc1. The van der Waals surface area contributed by atoms with E-state index in [0.717, 1.165) is 12.3 Å². The van der Waals surface area contributed by atoms with Crippen LogP contribution in [0.3, 0.4) is 0 Å². The van der Waals surface area contributed by atoms with Crippen molar-refractivity contribution in [3.63, 3.8) is 0 Å². The zero-order valence-electron chi connectivity index (χ0n) is 16.5. The van der Waals surface area contributed by atoms with Gasteiger partial charge in [0.05, 0.1) is 4.90 Å². The van der Waals surface area contributed by atoms with Gasteiger partial charge in [0.2, 0.25) is 0 Å². The van der Waals surface area contributed by atoms with Crippen LogP contribution < -0.4 is 5.73 Å². The first kappa shape index (κ1) is 24.2. The third-order valence-corrected chi connectivity index (χ3v) is 6.70. The number of carbonyl (C=O) groups is 1. The fourth-order valence-corrected chi connectivity index (χ4v) is 4.93. The van der Waals surface area contributed by atoms with Crippen molar-refractivity contribution in [3.05, 3.63) is 88.3 Å². The number of hydrogen-bond acceptors (Lipinski definition) is 5. The highest BCUT2D eigenvalue weighted by Crippen LogP contribution is 2.40. The standard InChI is InChI=1S/C20H13F6N3O3S/c1-9-6-14(19(27)30)28-8-11(9)18(16-12(21)3-4-13(22)17(16)23)33(31,32)10-2-5-15(29-7-10)20(24,25)26/h2-8,18H,1H3,(H2,27,30). The molecule has 13 heteroatoms. The summed E-state index contributed by atoms with van der Waals surface area (Å²) in [5.74, 6) is -5.78. The first-order chi connectivity index (χ1) is 15.2. The number of halogens is 6. The van der Waals surface area contributed by atoms with Crippen LogP contribution in [0.1, 0.15) is 38.1 Å². The summed E-state index contributed by atoms with van der Waals surface area (Å²) in [6.07, 6.45) is -3.67. The quantitative estimate of drug-likeness (QED) is 0.433. The summed E-state index contributed by atoms with van der Waals surface area (Å²) in [6, 6.07) is 2.94. The fourth-order valence-electron chi connectivity index (χ4n) is 3.09. The second-order valence-electron chi connectivity index (χ2n) is 6.85. The Labute approximate surface area is 183 Å².